The van der Waals surface area contributed by atoms with Crippen LogP contribution < -0.4 is 15.4 Å². The van der Waals surface area contributed by atoms with Gasteiger partial charge in [0.2, 0.25) is 15.9 Å². The van der Waals surface area contributed by atoms with Crippen molar-refractivity contribution in [1.29, 1.82) is 0 Å². The summed E-state index contributed by atoms with van der Waals surface area (Å²) in [6, 6.07) is 8.47. The number of benzene rings is 2. The van der Waals surface area contributed by atoms with Crippen LogP contribution in [0.15, 0.2) is 35.2 Å². The Morgan fingerprint density at radius 2 is 1.90 bits per heavy atom. The largest absolute Gasteiger partial charge is 0.479 e. The maximum atomic E-state index is 13.1. The van der Waals surface area contributed by atoms with Crippen LogP contribution in [0.5, 0.6) is 5.75 Å². The molecule has 1 aliphatic rings. The first-order chi connectivity index (χ1) is 14.0. The molecule has 30 heavy (non-hydrogen) atoms. The second kappa shape index (κ2) is 8.08. The van der Waals surface area contributed by atoms with E-state index in [2.05, 4.69) is 10.6 Å². The fourth-order valence-electron chi connectivity index (χ4n) is 3.15. The molecule has 160 valence electrons. The van der Waals surface area contributed by atoms with E-state index in [0.29, 0.717) is 16.9 Å². The lowest BCUT2D eigenvalue weighted by Crippen LogP contribution is -2.36. The molecule has 0 saturated heterocycles. The molecule has 0 bridgehead atoms. The Kier molecular flexibility index (Phi) is 5.87. The number of hydrogen-bond donors (Lipinski definition) is 2. The Hall–Kier alpha value is -2.91. The number of nitrogens with one attached hydrogen (secondary N) is 2. The number of amides is 2. The lowest BCUT2D eigenvalue weighted by atomic mass is 10.1. The summed E-state index contributed by atoms with van der Waals surface area (Å²) in [5.74, 6) is -0.459. The molecule has 0 aliphatic carbocycles. The number of aryl methyl sites for hydroxylation is 2. The van der Waals surface area contributed by atoms with Gasteiger partial charge in [0, 0.05) is 18.8 Å². The van der Waals surface area contributed by atoms with Crippen molar-refractivity contribution in [3.05, 3.63) is 47.0 Å². The second-order valence-corrected chi connectivity index (χ2v) is 9.43. The predicted molar refractivity (Wildman–Crippen MR) is 114 cm³/mol. The van der Waals surface area contributed by atoms with Gasteiger partial charge in [0.05, 0.1) is 17.1 Å². The molecule has 0 spiro atoms. The second-order valence-electron chi connectivity index (χ2n) is 7.42. The molecule has 1 aliphatic heterocycles. The van der Waals surface area contributed by atoms with Crippen molar-refractivity contribution in [2.75, 3.05) is 24.2 Å². The highest BCUT2D eigenvalue weighted by Gasteiger charge is 2.30. The van der Waals surface area contributed by atoms with Crippen LogP contribution in [0.2, 0.25) is 0 Å². The normalized spacial score (nSPS) is 15.9. The Balaban J connectivity index is 1.81. The summed E-state index contributed by atoms with van der Waals surface area (Å²) in [6.07, 6.45) is -0.725. The Morgan fingerprint density at radius 1 is 1.20 bits per heavy atom. The van der Waals surface area contributed by atoms with Crippen LogP contribution in [0.3, 0.4) is 0 Å². The highest BCUT2D eigenvalue weighted by molar-refractivity contribution is 7.89. The van der Waals surface area contributed by atoms with Crippen molar-refractivity contribution >= 4 is 33.2 Å². The van der Waals surface area contributed by atoms with Crippen molar-refractivity contribution in [1.82, 2.24) is 4.31 Å². The quantitative estimate of drug-likeness (QED) is 0.757. The number of ether oxygens (including phenoxy) is 1. The summed E-state index contributed by atoms with van der Waals surface area (Å²) in [5, 5.41) is 5.45. The summed E-state index contributed by atoms with van der Waals surface area (Å²) in [7, 11) is -2.61. The van der Waals surface area contributed by atoms with E-state index >= 15 is 0 Å². The summed E-state index contributed by atoms with van der Waals surface area (Å²) in [6.45, 7) is 6.69. The molecule has 0 aromatic heterocycles. The lowest BCUT2D eigenvalue weighted by Gasteiger charge is -2.25. The van der Waals surface area contributed by atoms with E-state index in [1.54, 1.807) is 26.0 Å². The van der Waals surface area contributed by atoms with Gasteiger partial charge in [0.25, 0.3) is 5.91 Å². The minimum atomic E-state index is -3.96. The summed E-state index contributed by atoms with van der Waals surface area (Å²) in [5.41, 5.74) is 3.46. The van der Waals surface area contributed by atoms with Gasteiger partial charge in [-0.3, -0.25) is 9.59 Å². The standard InChI is InChI=1S/C21H25N3O5S/c1-12-7-6-8-16(14(12)3)22-20(25)11-24(5)30(27,28)19-10-18-17(9-13(19)2)23-21(26)15(4)29-18/h6-10,15H,11H2,1-5H3,(H,22,25)(H,23,26)/t15-/m0/s1. The zero-order valence-corrected chi connectivity index (χ0v) is 18.4. The zero-order chi connectivity index (χ0) is 22.2. The van der Waals surface area contributed by atoms with Gasteiger partial charge in [-0.25, -0.2) is 8.42 Å². The highest BCUT2D eigenvalue weighted by Crippen LogP contribution is 2.35. The summed E-state index contributed by atoms with van der Waals surface area (Å²) in [4.78, 5) is 24.3. The topological polar surface area (TPSA) is 105 Å². The Morgan fingerprint density at radius 3 is 2.60 bits per heavy atom. The van der Waals surface area contributed by atoms with Gasteiger partial charge < -0.3 is 15.4 Å². The molecule has 9 heteroatoms. The SMILES string of the molecule is Cc1cc2c(cc1S(=O)(=O)N(C)CC(=O)Nc1cccc(C)c1C)O[C@@H](C)C(=O)N2. The molecular formula is C21H25N3O5S. The third-order valence-corrected chi connectivity index (χ3v) is 7.09. The van der Waals surface area contributed by atoms with Gasteiger partial charge in [-0.2, -0.15) is 4.31 Å². The molecule has 1 atom stereocenters. The van der Waals surface area contributed by atoms with E-state index < -0.39 is 22.0 Å². The van der Waals surface area contributed by atoms with Crippen LogP contribution >= 0.6 is 0 Å². The first kappa shape index (κ1) is 21.8. The molecule has 2 N–H and O–H groups in total. The molecule has 0 fully saturated rings. The van der Waals surface area contributed by atoms with Crippen molar-refractivity contribution in [3.8, 4) is 5.75 Å². The van der Waals surface area contributed by atoms with Crippen LogP contribution in [-0.4, -0.2) is 44.2 Å². The number of likely N-dealkylation sites (N-methyl/N-ethyl adjacent to an activating group) is 1. The zero-order valence-electron chi connectivity index (χ0n) is 17.6. The van der Waals surface area contributed by atoms with Gasteiger partial charge in [-0.05, 0) is 56.5 Å². The van der Waals surface area contributed by atoms with Crippen LogP contribution in [0.4, 0.5) is 11.4 Å². The monoisotopic (exact) mass is 431 g/mol. The van der Waals surface area contributed by atoms with Gasteiger partial charge in [0.15, 0.2) is 6.10 Å². The molecule has 8 nitrogen and oxygen atoms in total. The Bertz CT molecular complexity index is 1130. The minimum absolute atomic E-state index is 0.0200. The third kappa shape index (κ3) is 4.17. The maximum Gasteiger partial charge on any atom is 0.265 e. The van der Waals surface area contributed by atoms with Gasteiger partial charge in [0.1, 0.15) is 5.75 Å². The van der Waals surface area contributed by atoms with Gasteiger partial charge >= 0.3 is 0 Å². The molecule has 0 saturated carbocycles. The van der Waals surface area contributed by atoms with Crippen molar-refractivity contribution < 1.29 is 22.7 Å². The van der Waals surface area contributed by atoms with Crippen molar-refractivity contribution in [2.24, 2.45) is 0 Å². The molecule has 0 radical (unpaired) electrons. The number of hydrogen-bond acceptors (Lipinski definition) is 5. The smallest absolute Gasteiger partial charge is 0.265 e. The molecule has 3 rings (SSSR count). The highest BCUT2D eigenvalue weighted by atomic mass is 32.2. The molecular weight excluding hydrogens is 406 g/mol. The van der Waals surface area contributed by atoms with Crippen molar-refractivity contribution in [2.45, 2.75) is 38.7 Å². The fourth-order valence-corrected chi connectivity index (χ4v) is 4.50. The predicted octanol–water partition coefficient (Wildman–Crippen LogP) is 2.59. The molecule has 2 amide bonds. The van der Waals surface area contributed by atoms with Crippen LogP contribution in [-0.2, 0) is 19.6 Å². The third-order valence-electron chi connectivity index (χ3n) is 5.14. The van der Waals surface area contributed by atoms with E-state index in [1.165, 1.54) is 13.1 Å². The number of carbonyl (C=O) groups excluding carboxylic acids is 2. The maximum absolute atomic E-state index is 13.1. The first-order valence-electron chi connectivity index (χ1n) is 9.45. The fraction of sp³-hybridized carbons (Fsp3) is 0.333. The molecule has 2 aromatic carbocycles. The number of sulfonamides is 1. The molecule has 1 heterocycles. The number of fused-ring (bicyclic) bond motifs is 1. The average Bonchev–Trinajstić information content (AvgIpc) is 2.66. The van der Waals surface area contributed by atoms with E-state index in [9.17, 15) is 18.0 Å². The number of carbonyl (C=O) groups is 2. The van der Waals surface area contributed by atoms with Crippen LogP contribution in [0.25, 0.3) is 0 Å². The molecule has 2 aromatic rings. The van der Waals surface area contributed by atoms with E-state index in [0.717, 1.165) is 15.4 Å². The minimum Gasteiger partial charge on any atom is -0.479 e. The number of rotatable bonds is 5. The molecule has 0 unspecified atom stereocenters. The van der Waals surface area contributed by atoms with Crippen molar-refractivity contribution in [3.63, 3.8) is 0 Å². The van der Waals surface area contributed by atoms with Crippen LogP contribution in [0.1, 0.15) is 23.6 Å². The average molecular weight is 432 g/mol. The summed E-state index contributed by atoms with van der Waals surface area (Å²) >= 11 is 0. The van der Waals surface area contributed by atoms with E-state index in [-0.39, 0.29) is 23.1 Å². The van der Waals surface area contributed by atoms with Gasteiger partial charge in [-0.15, -0.1) is 0 Å². The first-order valence-corrected chi connectivity index (χ1v) is 10.9. The lowest BCUT2D eigenvalue weighted by molar-refractivity contribution is -0.122. The number of anilines is 2. The van der Waals surface area contributed by atoms with Crippen LogP contribution in [0, 0.1) is 20.8 Å². The van der Waals surface area contributed by atoms with E-state index in [1.807, 2.05) is 26.0 Å². The van der Waals surface area contributed by atoms with Gasteiger partial charge in [-0.1, -0.05) is 12.1 Å². The summed E-state index contributed by atoms with van der Waals surface area (Å²) < 4.78 is 32.7. The Labute approximate surface area is 176 Å². The number of nitrogens with zero attached hydrogens (tertiary/aromatic N) is 1. The van der Waals surface area contributed by atoms with E-state index in [4.69, 9.17) is 4.74 Å².